The van der Waals surface area contributed by atoms with Gasteiger partial charge in [0.25, 0.3) is 0 Å². The van der Waals surface area contributed by atoms with Gasteiger partial charge in [-0.15, -0.1) is 11.8 Å². The molecule has 100 valence electrons. The van der Waals surface area contributed by atoms with Crippen molar-refractivity contribution < 1.29 is 19.4 Å². The Hall–Kier alpha value is -0.950. The van der Waals surface area contributed by atoms with E-state index in [1.54, 1.807) is 0 Å². The Labute approximate surface area is 109 Å². The van der Waals surface area contributed by atoms with Crippen LogP contribution in [0.15, 0.2) is 0 Å². The first kappa shape index (κ1) is 12.1. The summed E-state index contributed by atoms with van der Waals surface area (Å²) in [6.45, 7) is 0. The second kappa shape index (κ2) is 4.62. The molecule has 0 aliphatic carbocycles. The van der Waals surface area contributed by atoms with Gasteiger partial charge in [-0.2, -0.15) is 0 Å². The number of hydrogen-bond donors (Lipinski definition) is 2. The van der Waals surface area contributed by atoms with Gasteiger partial charge in [-0.1, -0.05) is 0 Å². The van der Waals surface area contributed by atoms with Crippen LogP contribution in [0, 0.1) is 0 Å². The molecule has 0 radical (unpaired) electrons. The van der Waals surface area contributed by atoms with Crippen molar-refractivity contribution in [1.82, 2.24) is 10.2 Å². The number of nitrogens with one attached hydrogen (secondary N) is 1. The van der Waals surface area contributed by atoms with Crippen LogP contribution >= 0.6 is 11.8 Å². The Balaban J connectivity index is 1.59. The normalized spacial score (nSPS) is 38.1. The summed E-state index contributed by atoms with van der Waals surface area (Å²) in [7, 11) is 0. The monoisotopic (exact) mass is 272 g/mol. The predicted molar refractivity (Wildman–Crippen MR) is 65.4 cm³/mol. The Bertz CT molecular complexity index is 378. The molecule has 3 saturated heterocycles. The highest BCUT2D eigenvalue weighted by Gasteiger charge is 2.43. The fourth-order valence-electron chi connectivity index (χ4n) is 2.88. The molecular formula is C11H16N2O4S. The standard InChI is InChI=1S/C11H16N2O4S/c14-10(15)8-4-18-5-13(8)11(16)12-7-3-6-1-2-9(7)17-6/h6-9H,1-5H2,(H,12,16)(H,14,15). The molecule has 2 N–H and O–H groups in total. The van der Waals surface area contributed by atoms with Crippen molar-refractivity contribution in [2.75, 3.05) is 11.6 Å². The summed E-state index contributed by atoms with van der Waals surface area (Å²) in [5.41, 5.74) is 0. The van der Waals surface area contributed by atoms with E-state index in [0.717, 1.165) is 19.3 Å². The topological polar surface area (TPSA) is 78.9 Å². The van der Waals surface area contributed by atoms with Gasteiger partial charge in [-0.3, -0.25) is 0 Å². The molecule has 0 aromatic carbocycles. The third-order valence-corrected chi connectivity index (χ3v) is 4.86. The molecule has 7 heteroatoms. The molecule has 0 aromatic heterocycles. The molecular weight excluding hydrogens is 256 g/mol. The van der Waals surface area contributed by atoms with Gasteiger partial charge < -0.3 is 20.1 Å². The maximum atomic E-state index is 12.1. The van der Waals surface area contributed by atoms with Crippen LogP contribution in [0.2, 0.25) is 0 Å². The zero-order valence-electron chi connectivity index (χ0n) is 9.87. The third-order valence-electron chi connectivity index (χ3n) is 3.84. The number of thioether (sulfide) groups is 1. The number of carboxylic acid groups (broad SMARTS) is 1. The van der Waals surface area contributed by atoms with E-state index < -0.39 is 12.0 Å². The fourth-order valence-corrected chi connectivity index (χ4v) is 4.02. The summed E-state index contributed by atoms with van der Waals surface area (Å²) < 4.78 is 5.67. The number of carbonyl (C=O) groups excluding carboxylic acids is 1. The third kappa shape index (κ3) is 2.05. The molecule has 3 aliphatic heterocycles. The SMILES string of the molecule is O=C(O)C1CSCN1C(=O)NC1CC2CCC1O2. The number of carboxylic acids is 1. The molecule has 2 bridgehead atoms. The van der Waals surface area contributed by atoms with E-state index in [-0.39, 0.29) is 24.3 Å². The number of amides is 2. The van der Waals surface area contributed by atoms with Crippen LogP contribution in [0.3, 0.4) is 0 Å². The van der Waals surface area contributed by atoms with Crippen LogP contribution in [0.1, 0.15) is 19.3 Å². The molecule has 4 unspecified atom stereocenters. The Morgan fingerprint density at radius 1 is 1.39 bits per heavy atom. The van der Waals surface area contributed by atoms with Gasteiger partial charge >= 0.3 is 12.0 Å². The molecule has 2 amide bonds. The van der Waals surface area contributed by atoms with Crippen LogP contribution in [-0.2, 0) is 9.53 Å². The minimum atomic E-state index is -0.931. The number of hydrogen-bond acceptors (Lipinski definition) is 4. The van der Waals surface area contributed by atoms with E-state index in [1.807, 2.05) is 0 Å². The Morgan fingerprint density at radius 2 is 2.22 bits per heavy atom. The smallest absolute Gasteiger partial charge is 0.327 e. The lowest BCUT2D eigenvalue weighted by atomic mass is 9.96. The van der Waals surface area contributed by atoms with Gasteiger partial charge in [0.15, 0.2) is 0 Å². The molecule has 0 aromatic rings. The Kier molecular flexibility index (Phi) is 3.11. The Morgan fingerprint density at radius 3 is 2.83 bits per heavy atom. The van der Waals surface area contributed by atoms with Crippen LogP contribution in [0.4, 0.5) is 4.79 Å². The van der Waals surface area contributed by atoms with E-state index >= 15 is 0 Å². The van der Waals surface area contributed by atoms with Crippen molar-refractivity contribution in [3.8, 4) is 0 Å². The van der Waals surface area contributed by atoms with Gasteiger partial charge in [0.05, 0.1) is 24.1 Å². The van der Waals surface area contributed by atoms with E-state index in [4.69, 9.17) is 9.84 Å². The van der Waals surface area contributed by atoms with Gasteiger partial charge in [0.2, 0.25) is 0 Å². The molecule has 6 nitrogen and oxygen atoms in total. The first-order chi connectivity index (χ1) is 8.65. The first-order valence-corrected chi connectivity index (χ1v) is 7.34. The second-order valence-corrected chi connectivity index (χ2v) is 5.99. The molecule has 3 rings (SSSR count). The van der Waals surface area contributed by atoms with Crippen molar-refractivity contribution in [2.24, 2.45) is 0 Å². The van der Waals surface area contributed by atoms with Gasteiger partial charge in [-0.05, 0) is 19.3 Å². The molecule has 0 spiro atoms. The maximum absolute atomic E-state index is 12.1. The molecule has 0 saturated carbocycles. The highest BCUT2D eigenvalue weighted by Crippen LogP contribution is 2.34. The number of fused-ring (bicyclic) bond motifs is 2. The number of carbonyl (C=O) groups is 2. The summed E-state index contributed by atoms with van der Waals surface area (Å²) in [5.74, 6) is -0.0141. The highest BCUT2D eigenvalue weighted by atomic mass is 32.2. The quantitative estimate of drug-likeness (QED) is 0.764. The number of aliphatic carboxylic acids is 1. The van der Waals surface area contributed by atoms with Crippen molar-refractivity contribution >= 4 is 23.8 Å². The van der Waals surface area contributed by atoms with Crippen molar-refractivity contribution in [1.29, 1.82) is 0 Å². The summed E-state index contributed by atoms with van der Waals surface area (Å²) >= 11 is 1.47. The molecule has 3 heterocycles. The van der Waals surface area contributed by atoms with Crippen molar-refractivity contribution in [3.63, 3.8) is 0 Å². The minimum absolute atomic E-state index is 0.0521. The molecule has 3 fully saturated rings. The number of urea groups is 1. The van der Waals surface area contributed by atoms with Gasteiger partial charge in [-0.25, -0.2) is 9.59 Å². The lowest BCUT2D eigenvalue weighted by molar-refractivity contribution is -0.140. The average Bonchev–Trinajstić information content (AvgIpc) is 3.04. The summed E-state index contributed by atoms with van der Waals surface area (Å²) in [6.07, 6.45) is 3.33. The lowest BCUT2D eigenvalue weighted by Gasteiger charge is -2.26. The van der Waals surface area contributed by atoms with Crippen molar-refractivity contribution in [3.05, 3.63) is 0 Å². The first-order valence-electron chi connectivity index (χ1n) is 6.18. The van der Waals surface area contributed by atoms with E-state index in [2.05, 4.69) is 5.32 Å². The van der Waals surface area contributed by atoms with Crippen LogP contribution in [0.5, 0.6) is 0 Å². The zero-order valence-corrected chi connectivity index (χ0v) is 10.7. The average molecular weight is 272 g/mol. The fraction of sp³-hybridized carbons (Fsp3) is 0.818. The number of ether oxygens (including phenoxy) is 1. The van der Waals surface area contributed by atoms with Gasteiger partial charge in [0, 0.05) is 5.75 Å². The van der Waals surface area contributed by atoms with Crippen LogP contribution < -0.4 is 5.32 Å². The second-order valence-electron chi connectivity index (χ2n) is 4.99. The summed E-state index contributed by atoms with van der Waals surface area (Å²) in [5, 5.41) is 12.0. The minimum Gasteiger partial charge on any atom is -0.480 e. The van der Waals surface area contributed by atoms with Gasteiger partial charge in [0.1, 0.15) is 6.04 Å². The predicted octanol–water partition coefficient (Wildman–Crippen LogP) is 0.475. The molecule has 18 heavy (non-hydrogen) atoms. The number of nitrogens with zero attached hydrogens (tertiary/aromatic N) is 1. The van der Waals surface area contributed by atoms with E-state index in [1.165, 1.54) is 16.7 Å². The highest BCUT2D eigenvalue weighted by molar-refractivity contribution is 7.99. The van der Waals surface area contributed by atoms with Crippen LogP contribution in [0.25, 0.3) is 0 Å². The van der Waals surface area contributed by atoms with E-state index in [0.29, 0.717) is 11.6 Å². The zero-order chi connectivity index (χ0) is 12.7. The van der Waals surface area contributed by atoms with Crippen molar-refractivity contribution in [2.45, 2.75) is 43.6 Å². The molecule has 3 aliphatic rings. The largest absolute Gasteiger partial charge is 0.480 e. The number of rotatable bonds is 2. The summed E-state index contributed by atoms with van der Waals surface area (Å²) in [4.78, 5) is 24.5. The summed E-state index contributed by atoms with van der Waals surface area (Å²) in [6, 6.07) is -0.917. The molecule has 4 atom stereocenters. The maximum Gasteiger partial charge on any atom is 0.327 e. The van der Waals surface area contributed by atoms with E-state index in [9.17, 15) is 9.59 Å². The van der Waals surface area contributed by atoms with Crippen LogP contribution in [-0.4, -0.2) is 57.9 Å². The lowest BCUT2D eigenvalue weighted by Crippen LogP contribution is -2.51.